The predicted octanol–water partition coefficient (Wildman–Crippen LogP) is 7.75. The maximum atomic E-state index is 5.92. The summed E-state index contributed by atoms with van der Waals surface area (Å²) in [6.07, 6.45) is 4.13. The Hall–Kier alpha value is -3.47. The van der Waals surface area contributed by atoms with E-state index >= 15 is 0 Å². The molecule has 0 saturated heterocycles. The molecule has 0 spiro atoms. The number of nitrogens with zero attached hydrogens (tertiary/aromatic N) is 2. The van der Waals surface area contributed by atoms with Crippen molar-refractivity contribution in [2.24, 2.45) is 4.99 Å². The molecule has 4 rings (SSSR count). The van der Waals surface area contributed by atoms with Gasteiger partial charge in [0.25, 0.3) is 0 Å². The molecular weight excluding hydrogens is 436 g/mol. The fraction of sp³-hybridized carbons (Fsp3) is 0.367. The Morgan fingerprint density at radius 2 is 1.57 bits per heavy atom. The lowest BCUT2D eigenvalue weighted by molar-refractivity contribution is 0.372. The highest BCUT2D eigenvalue weighted by molar-refractivity contribution is 5.88. The first kappa shape index (κ1) is 24.6. The van der Waals surface area contributed by atoms with Crippen LogP contribution in [0.15, 0.2) is 65.7 Å². The van der Waals surface area contributed by atoms with Gasteiger partial charge in [-0.25, -0.2) is 0 Å². The van der Waals surface area contributed by atoms with Crippen molar-refractivity contribution < 1.29 is 14.2 Å². The van der Waals surface area contributed by atoms with Crippen LogP contribution in [0.3, 0.4) is 0 Å². The number of methoxy groups -OCH3 is 2. The normalized spacial score (nSPS) is 16.7. The third kappa shape index (κ3) is 5.45. The summed E-state index contributed by atoms with van der Waals surface area (Å²) in [5, 5.41) is 0. The lowest BCUT2D eigenvalue weighted by atomic mass is 9.79. The first-order valence-corrected chi connectivity index (χ1v) is 12.3. The number of hydrogen-bond donors (Lipinski definition) is 0. The average Bonchev–Trinajstić information content (AvgIpc) is 2.86. The summed E-state index contributed by atoms with van der Waals surface area (Å²) in [6, 6.07) is 19.7. The molecule has 1 atom stereocenters. The molecule has 184 valence electrons. The van der Waals surface area contributed by atoms with Crippen molar-refractivity contribution in [1.82, 2.24) is 0 Å². The van der Waals surface area contributed by atoms with Gasteiger partial charge in [0, 0.05) is 35.6 Å². The molecule has 0 radical (unpaired) electrons. The van der Waals surface area contributed by atoms with E-state index in [9.17, 15) is 0 Å². The second-order valence-corrected chi connectivity index (χ2v) is 9.75. The summed E-state index contributed by atoms with van der Waals surface area (Å²) in [7, 11) is 3.38. The molecule has 1 aliphatic heterocycles. The van der Waals surface area contributed by atoms with Crippen LogP contribution >= 0.6 is 0 Å². The number of aliphatic imine (C=N–C) groups is 1. The van der Waals surface area contributed by atoms with Gasteiger partial charge in [-0.05, 0) is 92.8 Å². The zero-order valence-electron chi connectivity index (χ0n) is 21.7. The van der Waals surface area contributed by atoms with Gasteiger partial charge in [0.15, 0.2) is 0 Å². The van der Waals surface area contributed by atoms with E-state index in [-0.39, 0.29) is 5.54 Å². The van der Waals surface area contributed by atoms with Crippen molar-refractivity contribution in [3.63, 3.8) is 0 Å². The van der Waals surface area contributed by atoms with Crippen LogP contribution in [0.2, 0.25) is 0 Å². The van der Waals surface area contributed by atoms with Crippen LogP contribution in [0.4, 0.5) is 11.4 Å². The van der Waals surface area contributed by atoms with E-state index < -0.39 is 0 Å². The standard InChI is InChI=1S/C30H36N2O3/c1-7-16-32-28-18-29(34-6)22(17-27(28)21(2)19-30(32,3)4)20-31-23-8-10-25(11-9-23)35-26-14-12-24(33-5)13-15-26/h8-15,17-18,20-21H,7,16,19H2,1-6H3. The summed E-state index contributed by atoms with van der Waals surface area (Å²) in [5.74, 6) is 3.64. The lowest BCUT2D eigenvalue weighted by Crippen LogP contribution is -2.48. The van der Waals surface area contributed by atoms with Gasteiger partial charge in [-0.1, -0.05) is 13.8 Å². The van der Waals surface area contributed by atoms with Gasteiger partial charge < -0.3 is 19.1 Å². The maximum Gasteiger partial charge on any atom is 0.129 e. The van der Waals surface area contributed by atoms with Crippen LogP contribution in [-0.4, -0.2) is 32.5 Å². The number of anilines is 1. The van der Waals surface area contributed by atoms with Crippen molar-refractivity contribution in [2.75, 3.05) is 25.7 Å². The molecule has 0 saturated carbocycles. The molecule has 3 aromatic carbocycles. The number of ether oxygens (including phenoxy) is 3. The number of fused-ring (bicyclic) bond motifs is 1. The Bertz CT molecular complexity index is 1170. The van der Waals surface area contributed by atoms with Gasteiger partial charge >= 0.3 is 0 Å². The minimum atomic E-state index is 0.124. The number of rotatable bonds is 8. The summed E-state index contributed by atoms with van der Waals surface area (Å²) in [4.78, 5) is 7.26. The van der Waals surface area contributed by atoms with Gasteiger partial charge in [0.2, 0.25) is 0 Å². The van der Waals surface area contributed by atoms with E-state index in [1.54, 1.807) is 14.2 Å². The molecular formula is C30H36N2O3. The predicted molar refractivity (Wildman–Crippen MR) is 145 cm³/mol. The molecule has 3 aromatic rings. The maximum absolute atomic E-state index is 5.92. The minimum absolute atomic E-state index is 0.124. The highest BCUT2D eigenvalue weighted by atomic mass is 16.5. The smallest absolute Gasteiger partial charge is 0.129 e. The average molecular weight is 473 g/mol. The molecule has 35 heavy (non-hydrogen) atoms. The first-order chi connectivity index (χ1) is 16.8. The SMILES string of the molecule is CCCN1c2cc(OC)c(C=Nc3ccc(Oc4ccc(OC)cc4)cc3)cc2C(C)CC1(C)C. The molecule has 1 aliphatic rings. The third-order valence-electron chi connectivity index (χ3n) is 6.67. The van der Waals surface area contributed by atoms with Crippen molar-refractivity contribution in [3.05, 3.63) is 71.8 Å². The van der Waals surface area contributed by atoms with E-state index in [4.69, 9.17) is 19.2 Å². The van der Waals surface area contributed by atoms with Gasteiger partial charge in [0.05, 0.1) is 19.9 Å². The topological polar surface area (TPSA) is 43.3 Å². The second kappa shape index (κ2) is 10.4. The molecule has 0 aromatic heterocycles. The molecule has 0 bridgehead atoms. The summed E-state index contributed by atoms with van der Waals surface area (Å²) in [5.41, 5.74) is 4.62. The largest absolute Gasteiger partial charge is 0.497 e. The number of benzene rings is 3. The molecule has 5 heteroatoms. The molecule has 0 fully saturated rings. The quantitative estimate of drug-likeness (QED) is 0.314. The highest BCUT2D eigenvalue weighted by Crippen LogP contribution is 2.45. The van der Waals surface area contributed by atoms with Gasteiger partial charge in [0.1, 0.15) is 23.0 Å². The van der Waals surface area contributed by atoms with E-state index in [0.717, 1.165) is 53.6 Å². The van der Waals surface area contributed by atoms with Crippen molar-refractivity contribution in [1.29, 1.82) is 0 Å². The van der Waals surface area contributed by atoms with Crippen LogP contribution in [0.5, 0.6) is 23.0 Å². The Labute approximate surface area is 209 Å². The zero-order chi connectivity index (χ0) is 25.0. The Kier molecular flexibility index (Phi) is 7.34. The molecule has 5 nitrogen and oxygen atoms in total. The van der Waals surface area contributed by atoms with Crippen LogP contribution in [0.25, 0.3) is 0 Å². The third-order valence-corrected chi connectivity index (χ3v) is 6.67. The Morgan fingerprint density at radius 1 is 0.943 bits per heavy atom. The lowest BCUT2D eigenvalue weighted by Gasteiger charge is -2.47. The first-order valence-electron chi connectivity index (χ1n) is 12.3. The number of hydrogen-bond acceptors (Lipinski definition) is 5. The monoisotopic (exact) mass is 472 g/mol. The highest BCUT2D eigenvalue weighted by Gasteiger charge is 2.36. The zero-order valence-corrected chi connectivity index (χ0v) is 21.7. The Morgan fingerprint density at radius 3 is 2.17 bits per heavy atom. The van der Waals surface area contributed by atoms with Crippen LogP contribution in [-0.2, 0) is 0 Å². The summed E-state index contributed by atoms with van der Waals surface area (Å²) < 4.78 is 16.9. The van der Waals surface area contributed by atoms with E-state index in [1.807, 2.05) is 54.7 Å². The van der Waals surface area contributed by atoms with Gasteiger partial charge in [-0.3, -0.25) is 4.99 Å². The fourth-order valence-electron chi connectivity index (χ4n) is 4.98. The van der Waals surface area contributed by atoms with E-state index in [1.165, 1.54) is 11.3 Å². The van der Waals surface area contributed by atoms with Crippen molar-refractivity contribution in [2.45, 2.75) is 52.0 Å². The molecule has 0 aliphatic carbocycles. The fourth-order valence-corrected chi connectivity index (χ4v) is 4.98. The summed E-state index contributed by atoms with van der Waals surface area (Å²) in [6.45, 7) is 10.3. The second-order valence-electron chi connectivity index (χ2n) is 9.75. The molecule has 1 heterocycles. The Balaban J connectivity index is 1.55. The minimum Gasteiger partial charge on any atom is -0.497 e. The van der Waals surface area contributed by atoms with Gasteiger partial charge in [-0.2, -0.15) is 0 Å². The van der Waals surface area contributed by atoms with Crippen molar-refractivity contribution >= 4 is 17.6 Å². The van der Waals surface area contributed by atoms with E-state index in [0.29, 0.717) is 5.92 Å². The molecule has 1 unspecified atom stereocenters. The van der Waals surface area contributed by atoms with Crippen molar-refractivity contribution in [3.8, 4) is 23.0 Å². The van der Waals surface area contributed by atoms with E-state index in [2.05, 4.69) is 44.7 Å². The van der Waals surface area contributed by atoms with Crippen LogP contribution in [0.1, 0.15) is 57.6 Å². The van der Waals surface area contributed by atoms with Crippen LogP contribution in [0, 0.1) is 0 Å². The molecule has 0 amide bonds. The van der Waals surface area contributed by atoms with Gasteiger partial charge in [-0.15, -0.1) is 0 Å². The van der Waals surface area contributed by atoms with Crippen LogP contribution < -0.4 is 19.1 Å². The summed E-state index contributed by atoms with van der Waals surface area (Å²) >= 11 is 0. The molecule has 0 N–H and O–H groups in total.